The number of carbonyl (C=O) groups is 1. The van der Waals surface area contributed by atoms with Gasteiger partial charge in [-0.1, -0.05) is 54.1 Å². The number of hydrogen-bond acceptors (Lipinski definition) is 5. The first-order valence-corrected chi connectivity index (χ1v) is 13.0. The highest BCUT2D eigenvalue weighted by molar-refractivity contribution is 7.83. The number of nitrogens with zero attached hydrogens (tertiary/aromatic N) is 1. The molecule has 8 nitrogen and oxygen atoms in total. The molecule has 0 saturated heterocycles. The molecule has 0 aliphatic carbocycles. The lowest BCUT2D eigenvalue weighted by molar-refractivity contribution is -0.384. The van der Waals surface area contributed by atoms with Crippen molar-refractivity contribution in [1.82, 2.24) is 10.0 Å². The monoisotopic (exact) mass is 529 g/mol. The molecule has 0 aliphatic heterocycles. The van der Waals surface area contributed by atoms with E-state index in [2.05, 4.69) is 10.0 Å². The van der Waals surface area contributed by atoms with Gasteiger partial charge in [-0.2, -0.15) is 0 Å². The Morgan fingerprint density at radius 3 is 2.39 bits per heavy atom. The van der Waals surface area contributed by atoms with Crippen LogP contribution < -0.4 is 10.0 Å². The topological polar surface area (TPSA) is 122 Å². The van der Waals surface area contributed by atoms with E-state index in [1.165, 1.54) is 24.3 Å². The minimum absolute atomic E-state index is 0.00924. The van der Waals surface area contributed by atoms with Crippen molar-refractivity contribution < 1.29 is 19.0 Å². The normalized spacial score (nSPS) is 13.5. The molecule has 0 heterocycles. The van der Waals surface area contributed by atoms with Gasteiger partial charge in [-0.15, -0.1) is 0 Å². The van der Waals surface area contributed by atoms with Crippen LogP contribution in [0.25, 0.3) is 0 Å². The molecule has 0 spiro atoms. The average molecular weight is 530 g/mol. The Hall–Kier alpha value is -3.11. The van der Waals surface area contributed by atoms with E-state index >= 15 is 0 Å². The number of non-ortho nitro benzene ring substituents is 1. The molecule has 3 aromatic rings. The molecule has 1 amide bonds. The van der Waals surface area contributed by atoms with Crippen LogP contribution in [0.5, 0.6) is 0 Å². The fourth-order valence-corrected chi connectivity index (χ4v) is 4.81. The number of carbonyl (C=O) groups excluding carboxylic acids is 1. The summed E-state index contributed by atoms with van der Waals surface area (Å²) >= 11 is 6.03. The first-order chi connectivity index (χ1) is 17.3. The Bertz CT molecular complexity index is 1180. The second-order valence-electron chi connectivity index (χ2n) is 8.32. The van der Waals surface area contributed by atoms with E-state index in [1.807, 2.05) is 48.5 Å². The van der Waals surface area contributed by atoms with Crippen LogP contribution >= 0.6 is 11.6 Å². The lowest BCUT2D eigenvalue weighted by Crippen LogP contribution is -2.37. The number of benzene rings is 3. The zero-order chi connectivity index (χ0) is 25.9. The first-order valence-electron chi connectivity index (χ1n) is 11.5. The number of rotatable bonds is 13. The van der Waals surface area contributed by atoms with E-state index < -0.39 is 27.9 Å². The largest absolute Gasteiger partial charge is 0.392 e. The van der Waals surface area contributed by atoms with E-state index in [0.717, 1.165) is 11.1 Å². The molecule has 0 fully saturated rings. The van der Waals surface area contributed by atoms with Crippen molar-refractivity contribution in [2.45, 2.75) is 30.3 Å². The van der Waals surface area contributed by atoms with E-state index in [9.17, 15) is 24.2 Å². The third-order valence-corrected chi connectivity index (χ3v) is 6.93. The summed E-state index contributed by atoms with van der Waals surface area (Å²) in [4.78, 5) is 23.6. The molecule has 0 bridgehead atoms. The van der Waals surface area contributed by atoms with Gasteiger partial charge in [-0.25, -0.2) is 8.93 Å². The highest BCUT2D eigenvalue weighted by atomic mass is 35.5. The Morgan fingerprint density at radius 1 is 1.03 bits per heavy atom. The highest BCUT2D eigenvalue weighted by Crippen LogP contribution is 2.17. The van der Waals surface area contributed by atoms with Gasteiger partial charge in [0.15, 0.2) is 0 Å². The molecule has 0 aromatic heterocycles. The van der Waals surface area contributed by atoms with Crippen molar-refractivity contribution >= 4 is 34.2 Å². The summed E-state index contributed by atoms with van der Waals surface area (Å²) in [6.45, 7) is 0.424. The van der Waals surface area contributed by atoms with E-state index in [4.69, 9.17) is 11.6 Å². The van der Waals surface area contributed by atoms with Gasteiger partial charge in [0.05, 0.1) is 15.9 Å². The molecule has 10 heteroatoms. The summed E-state index contributed by atoms with van der Waals surface area (Å²) in [5, 5.41) is 25.0. The van der Waals surface area contributed by atoms with Crippen LogP contribution in [-0.4, -0.2) is 39.3 Å². The smallest absolute Gasteiger partial charge is 0.269 e. The number of nitro benzene ring substituents is 1. The molecule has 0 radical (unpaired) electrons. The Balaban J connectivity index is 1.56. The molecule has 0 aliphatic rings. The van der Waals surface area contributed by atoms with Gasteiger partial charge < -0.3 is 10.4 Å². The number of aliphatic hydroxyl groups excluding tert-OH is 1. The van der Waals surface area contributed by atoms with Gasteiger partial charge >= 0.3 is 0 Å². The zero-order valence-corrected chi connectivity index (χ0v) is 21.1. The Labute approximate surface area is 217 Å². The molecule has 0 saturated carbocycles. The summed E-state index contributed by atoms with van der Waals surface area (Å²) < 4.78 is 15.2. The number of halogens is 1. The lowest BCUT2D eigenvalue weighted by atomic mass is 9.92. The molecule has 36 heavy (non-hydrogen) atoms. The van der Waals surface area contributed by atoms with Crippen LogP contribution in [0.15, 0.2) is 83.8 Å². The summed E-state index contributed by atoms with van der Waals surface area (Å²) in [6, 6.07) is 22.4. The van der Waals surface area contributed by atoms with Crippen molar-refractivity contribution in [1.29, 1.82) is 0 Å². The predicted molar refractivity (Wildman–Crippen MR) is 140 cm³/mol. The summed E-state index contributed by atoms with van der Waals surface area (Å²) in [6.07, 6.45) is 0.316. The maximum atomic E-state index is 13.0. The SMILES string of the molecule is O=C(NCCc1cccc(Cl)c1)[C@H](Cc1ccccc1)C[C@H](O)CNS(=O)c1ccc([N+](=O)[O-])cc1. The molecular formula is C26H28ClN3O5S. The van der Waals surface area contributed by atoms with Crippen molar-refractivity contribution in [2.24, 2.45) is 5.92 Å². The fraction of sp³-hybridized carbons (Fsp3) is 0.269. The van der Waals surface area contributed by atoms with Crippen molar-refractivity contribution in [3.8, 4) is 0 Å². The van der Waals surface area contributed by atoms with Crippen molar-refractivity contribution in [2.75, 3.05) is 13.1 Å². The second-order valence-corrected chi connectivity index (χ2v) is 10.0. The van der Waals surface area contributed by atoms with Crippen molar-refractivity contribution in [3.05, 3.63) is 105 Å². The molecule has 190 valence electrons. The van der Waals surface area contributed by atoms with Crippen LogP contribution in [0.2, 0.25) is 5.02 Å². The summed E-state index contributed by atoms with van der Waals surface area (Å²) in [5.41, 5.74) is 1.89. The van der Waals surface area contributed by atoms with Crippen molar-refractivity contribution in [3.63, 3.8) is 0 Å². The lowest BCUT2D eigenvalue weighted by Gasteiger charge is -2.20. The third kappa shape index (κ3) is 8.83. The number of hydrogen-bond donors (Lipinski definition) is 3. The van der Waals surface area contributed by atoms with Crippen LogP contribution in [0.4, 0.5) is 5.69 Å². The maximum absolute atomic E-state index is 13.0. The minimum Gasteiger partial charge on any atom is -0.392 e. The van der Waals surface area contributed by atoms with Gasteiger partial charge in [0.25, 0.3) is 5.69 Å². The summed E-state index contributed by atoms with van der Waals surface area (Å²) in [7, 11) is -1.66. The van der Waals surface area contributed by atoms with Gasteiger partial charge in [0, 0.05) is 36.2 Å². The van der Waals surface area contributed by atoms with Gasteiger partial charge in [0.1, 0.15) is 11.0 Å². The number of nitro groups is 1. The average Bonchev–Trinajstić information content (AvgIpc) is 2.87. The number of nitrogens with one attached hydrogen (secondary N) is 2. The van der Waals surface area contributed by atoms with E-state index in [1.54, 1.807) is 6.07 Å². The molecular weight excluding hydrogens is 502 g/mol. The quantitative estimate of drug-likeness (QED) is 0.229. The minimum atomic E-state index is -1.66. The fourth-order valence-electron chi connectivity index (χ4n) is 3.71. The number of amides is 1. The molecule has 3 rings (SSSR count). The maximum Gasteiger partial charge on any atom is 0.269 e. The van der Waals surface area contributed by atoms with Crippen LogP contribution in [0.3, 0.4) is 0 Å². The van der Waals surface area contributed by atoms with Gasteiger partial charge in [-0.3, -0.25) is 14.9 Å². The van der Waals surface area contributed by atoms with Crippen LogP contribution in [0, 0.1) is 16.0 Å². The molecule has 3 N–H and O–H groups in total. The zero-order valence-electron chi connectivity index (χ0n) is 19.5. The molecule has 3 atom stereocenters. The summed E-state index contributed by atoms with van der Waals surface area (Å²) in [5.74, 6) is -0.659. The Kier molecular flexibility index (Phi) is 10.6. The van der Waals surface area contributed by atoms with Gasteiger partial charge in [0.2, 0.25) is 5.91 Å². The first kappa shape index (κ1) is 27.5. The van der Waals surface area contributed by atoms with E-state index in [-0.39, 0.29) is 24.6 Å². The van der Waals surface area contributed by atoms with E-state index in [0.29, 0.717) is 29.3 Å². The van der Waals surface area contributed by atoms with Crippen LogP contribution in [0.1, 0.15) is 17.5 Å². The molecule has 1 unspecified atom stereocenters. The standard InChI is InChI=1S/C26H28ClN3O5S/c27-22-8-4-7-20(16-22)13-14-28-26(32)21(15-19-5-2-1-3-6-19)17-24(31)18-29-36(35)25-11-9-23(10-12-25)30(33)34/h1-12,16,21,24,29,31H,13-15,17-18H2,(H,28,32)/t21-,24+,36?/m1/s1. The predicted octanol–water partition coefficient (Wildman–Crippen LogP) is 3.83. The second kappa shape index (κ2) is 13.8. The number of aliphatic hydroxyl groups is 1. The third-order valence-electron chi connectivity index (χ3n) is 5.57. The highest BCUT2D eigenvalue weighted by Gasteiger charge is 2.23. The Morgan fingerprint density at radius 2 is 1.72 bits per heavy atom. The molecule has 3 aromatic carbocycles. The van der Waals surface area contributed by atoms with Crippen LogP contribution in [-0.2, 0) is 28.6 Å². The van der Waals surface area contributed by atoms with Gasteiger partial charge in [-0.05, 0) is 54.7 Å².